The smallest absolute Gasteiger partial charge is 0.229 e. The first-order chi connectivity index (χ1) is 8.76. The second-order valence-electron chi connectivity index (χ2n) is 5.46. The van der Waals surface area contributed by atoms with E-state index >= 15 is 0 Å². The molecule has 1 fully saturated rings. The molecule has 104 valence electrons. The molecular weight excluding hydrogens is 283 g/mol. The number of hydrogen-bond donors (Lipinski definition) is 1. The summed E-state index contributed by atoms with van der Waals surface area (Å²) in [5, 5.41) is 2.88. The normalized spacial score (nSPS) is 23.8. The van der Waals surface area contributed by atoms with Gasteiger partial charge in [-0.05, 0) is 31.0 Å². The Balaban J connectivity index is 1.91. The van der Waals surface area contributed by atoms with Gasteiger partial charge in [0.1, 0.15) is 4.33 Å². The van der Waals surface area contributed by atoms with Gasteiger partial charge in [0.05, 0.1) is 5.41 Å². The van der Waals surface area contributed by atoms with Crippen molar-refractivity contribution >= 4 is 34.8 Å². The molecule has 1 aliphatic rings. The molecule has 1 aromatic rings. The van der Waals surface area contributed by atoms with Crippen LogP contribution >= 0.6 is 23.2 Å². The molecule has 1 amide bonds. The zero-order valence-corrected chi connectivity index (χ0v) is 12.8. The Kier molecular flexibility index (Phi) is 3.72. The highest BCUT2D eigenvalue weighted by molar-refractivity contribution is 6.53. The fraction of sp³-hybridized carbons (Fsp3) is 0.500. The molecule has 1 aromatic carbocycles. The zero-order chi connectivity index (χ0) is 14.3. The van der Waals surface area contributed by atoms with Crippen LogP contribution in [-0.2, 0) is 11.3 Å². The van der Waals surface area contributed by atoms with Crippen LogP contribution in [0.4, 0.5) is 5.69 Å². The van der Waals surface area contributed by atoms with Crippen LogP contribution in [0.1, 0.15) is 18.9 Å². The lowest BCUT2D eigenvalue weighted by molar-refractivity contribution is -0.125. The summed E-state index contributed by atoms with van der Waals surface area (Å²) in [7, 11) is 3.98. The predicted octanol–water partition coefficient (Wildman–Crippen LogP) is 2.95. The van der Waals surface area contributed by atoms with E-state index in [9.17, 15) is 4.79 Å². The van der Waals surface area contributed by atoms with E-state index in [0.29, 0.717) is 13.0 Å². The van der Waals surface area contributed by atoms with Crippen molar-refractivity contribution in [2.75, 3.05) is 19.0 Å². The molecule has 5 heteroatoms. The summed E-state index contributed by atoms with van der Waals surface area (Å²) >= 11 is 12.0. The van der Waals surface area contributed by atoms with Gasteiger partial charge in [-0.15, -0.1) is 23.2 Å². The highest BCUT2D eigenvalue weighted by atomic mass is 35.5. The van der Waals surface area contributed by atoms with E-state index in [-0.39, 0.29) is 5.91 Å². The maximum atomic E-state index is 12.0. The lowest BCUT2D eigenvalue weighted by Crippen LogP contribution is -2.32. The van der Waals surface area contributed by atoms with Gasteiger partial charge in [-0.3, -0.25) is 4.79 Å². The quantitative estimate of drug-likeness (QED) is 0.867. The summed E-state index contributed by atoms with van der Waals surface area (Å²) in [6.45, 7) is 2.28. The maximum absolute atomic E-state index is 12.0. The van der Waals surface area contributed by atoms with Gasteiger partial charge in [-0.25, -0.2) is 0 Å². The highest BCUT2D eigenvalue weighted by Gasteiger charge is 2.67. The van der Waals surface area contributed by atoms with Crippen molar-refractivity contribution in [2.24, 2.45) is 5.41 Å². The second-order valence-corrected chi connectivity index (χ2v) is 6.94. The van der Waals surface area contributed by atoms with Gasteiger partial charge in [0.25, 0.3) is 0 Å². The Morgan fingerprint density at radius 1 is 1.32 bits per heavy atom. The van der Waals surface area contributed by atoms with Crippen molar-refractivity contribution in [1.29, 1.82) is 0 Å². The molecule has 0 saturated heterocycles. The predicted molar refractivity (Wildman–Crippen MR) is 79.8 cm³/mol. The van der Waals surface area contributed by atoms with Gasteiger partial charge in [0.15, 0.2) is 0 Å². The van der Waals surface area contributed by atoms with Gasteiger partial charge in [0, 0.05) is 26.3 Å². The van der Waals surface area contributed by atoms with E-state index in [2.05, 4.69) is 5.32 Å². The number of nitrogens with one attached hydrogen (secondary N) is 1. The van der Waals surface area contributed by atoms with Gasteiger partial charge in [-0.2, -0.15) is 0 Å². The number of rotatable bonds is 4. The minimum absolute atomic E-state index is 0.0887. The number of alkyl halides is 2. The summed E-state index contributed by atoms with van der Waals surface area (Å²) in [4.78, 5) is 14.0. The van der Waals surface area contributed by atoms with Gasteiger partial charge < -0.3 is 10.2 Å². The standard InChI is InChI=1S/C14H18Cl2N2O/c1-13(9-14(13,15)16)12(19)17-8-10-4-6-11(7-5-10)18(2)3/h4-7H,8-9H2,1-3H3,(H,17,19). The molecular formula is C14H18Cl2N2O. The molecule has 0 bridgehead atoms. The second kappa shape index (κ2) is 4.88. The molecule has 1 unspecified atom stereocenters. The summed E-state index contributed by atoms with van der Waals surface area (Å²) in [5.41, 5.74) is 1.53. The molecule has 0 heterocycles. The fourth-order valence-electron chi connectivity index (χ4n) is 1.94. The molecule has 0 spiro atoms. The van der Waals surface area contributed by atoms with Crippen LogP contribution in [0.5, 0.6) is 0 Å². The summed E-state index contributed by atoms with van der Waals surface area (Å²) in [6, 6.07) is 8.04. The Hall–Kier alpha value is -0.930. The summed E-state index contributed by atoms with van der Waals surface area (Å²) < 4.78 is -0.911. The van der Waals surface area contributed by atoms with Crippen LogP contribution in [-0.4, -0.2) is 24.3 Å². The van der Waals surface area contributed by atoms with Gasteiger partial charge >= 0.3 is 0 Å². The molecule has 1 N–H and O–H groups in total. The molecule has 1 atom stereocenters. The SMILES string of the molecule is CN(C)c1ccc(CNC(=O)C2(C)CC2(Cl)Cl)cc1. The van der Waals surface area contributed by atoms with Gasteiger partial charge in [0.2, 0.25) is 5.91 Å². The van der Waals surface area contributed by atoms with Crippen molar-refractivity contribution in [2.45, 2.75) is 24.2 Å². The first-order valence-corrected chi connectivity index (χ1v) is 6.94. The minimum atomic E-state index is -0.911. The van der Waals surface area contributed by atoms with Crippen LogP contribution in [0.15, 0.2) is 24.3 Å². The first kappa shape index (κ1) is 14.5. The van der Waals surface area contributed by atoms with E-state index in [0.717, 1.165) is 11.3 Å². The molecule has 1 saturated carbocycles. The summed E-state index contributed by atoms with van der Waals surface area (Å²) in [6.07, 6.45) is 0.508. The monoisotopic (exact) mass is 300 g/mol. The van der Waals surface area contributed by atoms with Crippen LogP contribution in [0.3, 0.4) is 0 Å². The van der Waals surface area contributed by atoms with Crippen molar-refractivity contribution in [1.82, 2.24) is 5.32 Å². The lowest BCUT2D eigenvalue weighted by atomic mass is 10.1. The molecule has 1 aliphatic carbocycles. The molecule has 19 heavy (non-hydrogen) atoms. The van der Waals surface area contributed by atoms with Crippen molar-refractivity contribution in [3.05, 3.63) is 29.8 Å². The van der Waals surface area contributed by atoms with Crippen molar-refractivity contribution in [3.8, 4) is 0 Å². The maximum Gasteiger partial charge on any atom is 0.229 e. The van der Waals surface area contributed by atoms with Gasteiger partial charge in [-0.1, -0.05) is 12.1 Å². The third-order valence-corrected chi connectivity index (χ3v) is 4.77. The topological polar surface area (TPSA) is 32.3 Å². The molecule has 0 aromatic heterocycles. The van der Waals surface area contributed by atoms with Crippen molar-refractivity contribution in [3.63, 3.8) is 0 Å². The first-order valence-electron chi connectivity index (χ1n) is 6.19. The highest BCUT2D eigenvalue weighted by Crippen LogP contribution is 2.63. The largest absolute Gasteiger partial charge is 0.378 e. The van der Waals surface area contributed by atoms with Crippen LogP contribution in [0.25, 0.3) is 0 Å². The third kappa shape index (κ3) is 2.82. The summed E-state index contributed by atoms with van der Waals surface area (Å²) in [5.74, 6) is -0.0887. The van der Waals surface area contributed by atoms with E-state index in [1.54, 1.807) is 6.92 Å². The van der Waals surface area contributed by atoms with Crippen LogP contribution < -0.4 is 10.2 Å². The number of carbonyl (C=O) groups excluding carboxylic acids is 1. The van der Waals surface area contributed by atoms with E-state index < -0.39 is 9.75 Å². The molecule has 0 radical (unpaired) electrons. The Labute approximate surface area is 123 Å². The number of nitrogens with zero attached hydrogens (tertiary/aromatic N) is 1. The Morgan fingerprint density at radius 2 is 1.84 bits per heavy atom. The van der Waals surface area contributed by atoms with Crippen LogP contribution in [0, 0.1) is 5.41 Å². The average Bonchev–Trinajstić information content (AvgIpc) is 2.87. The number of hydrogen-bond acceptors (Lipinski definition) is 2. The Bertz CT molecular complexity index is 485. The number of amides is 1. The zero-order valence-electron chi connectivity index (χ0n) is 11.3. The third-order valence-electron chi connectivity index (χ3n) is 3.66. The lowest BCUT2D eigenvalue weighted by Gasteiger charge is -2.14. The molecule has 0 aliphatic heterocycles. The minimum Gasteiger partial charge on any atom is -0.378 e. The van der Waals surface area contributed by atoms with E-state index in [4.69, 9.17) is 23.2 Å². The van der Waals surface area contributed by atoms with Crippen LogP contribution in [0.2, 0.25) is 0 Å². The number of anilines is 1. The molecule has 3 nitrogen and oxygen atoms in total. The molecule has 2 rings (SSSR count). The van der Waals surface area contributed by atoms with E-state index in [1.165, 1.54) is 0 Å². The Morgan fingerprint density at radius 3 is 2.26 bits per heavy atom. The number of carbonyl (C=O) groups is 1. The van der Waals surface area contributed by atoms with Crippen molar-refractivity contribution < 1.29 is 4.79 Å². The van der Waals surface area contributed by atoms with E-state index in [1.807, 2.05) is 43.3 Å². The fourth-order valence-corrected chi connectivity index (χ4v) is 2.64. The average molecular weight is 301 g/mol. The number of halogens is 2. The number of benzene rings is 1.